The van der Waals surface area contributed by atoms with Crippen LogP contribution in [0, 0.1) is 0 Å². The predicted molar refractivity (Wildman–Crippen MR) is 45.9 cm³/mol. The predicted octanol–water partition coefficient (Wildman–Crippen LogP) is -4.29. The Hall–Kier alpha value is 0.340. The lowest BCUT2D eigenvalue weighted by molar-refractivity contribution is -0.879. The average Bonchev–Trinajstić information content (AvgIpc) is 1.84. The molecule has 74 valence electrons. The minimum Gasteiger partial charge on any atom is -1.00 e. The third-order valence-electron chi connectivity index (χ3n) is 1.44. The molecule has 2 N–H and O–H groups in total. The molecule has 0 aliphatic rings. The van der Waals surface area contributed by atoms with E-state index in [0.717, 1.165) is 6.54 Å². The van der Waals surface area contributed by atoms with E-state index in [0.29, 0.717) is 17.6 Å². The van der Waals surface area contributed by atoms with Crippen LogP contribution >= 0.6 is 0 Å². The summed E-state index contributed by atoms with van der Waals surface area (Å²) in [6.07, 6.45) is 0. The van der Waals surface area contributed by atoms with E-state index in [1.807, 2.05) is 14.1 Å². The fourth-order valence-corrected chi connectivity index (χ4v) is 1.23. The molecule has 0 bridgehead atoms. The third-order valence-corrected chi connectivity index (χ3v) is 1.86. The van der Waals surface area contributed by atoms with E-state index in [1.165, 1.54) is 5.37 Å². The van der Waals surface area contributed by atoms with Crippen molar-refractivity contribution in [3.8, 4) is 0 Å². The smallest absolute Gasteiger partial charge is 0.215 e. The van der Waals surface area contributed by atoms with Crippen LogP contribution in [0.2, 0.25) is 0 Å². The van der Waals surface area contributed by atoms with Gasteiger partial charge in [0.2, 0.25) is 10.3 Å². The van der Waals surface area contributed by atoms with E-state index >= 15 is 0 Å². The number of nitrogens with two attached hydrogens (primary N) is 1. The number of halogens is 1. The van der Waals surface area contributed by atoms with E-state index in [-0.39, 0.29) is 24.0 Å². The molecule has 6 heteroatoms. The van der Waals surface area contributed by atoms with Crippen molar-refractivity contribution >= 4 is 15.7 Å². The van der Waals surface area contributed by atoms with Gasteiger partial charge in [0.05, 0.1) is 26.0 Å². The molecule has 0 radical (unpaired) electrons. The summed E-state index contributed by atoms with van der Waals surface area (Å²) in [6, 6.07) is 0. The van der Waals surface area contributed by atoms with E-state index in [2.05, 4.69) is 0 Å². The van der Waals surface area contributed by atoms with Crippen LogP contribution in [-0.2, 0) is 10.3 Å². The summed E-state index contributed by atoms with van der Waals surface area (Å²) in [7, 11) is 1.83. The molecule has 0 spiro atoms. The monoisotopic (exact) mass is 306 g/mol. The van der Waals surface area contributed by atoms with Gasteiger partial charge in [-0.25, -0.2) is 0 Å². The maximum Gasteiger partial charge on any atom is 0.215 e. The minimum absolute atomic E-state index is 0. The minimum atomic E-state index is -2.05. The number of likely N-dealkylation sites (N-methyl/N-ethyl adjacent to an activating group) is 1. The Morgan fingerprint density at radius 2 is 1.92 bits per heavy atom. The molecule has 0 aromatic carbocycles. The number of hydrogen-bond donors (Lipinski definition) is 1. The van der Waals surface area contributed by atoms with Crippen molar-refractivity contribution in [3.05, 3.63) is 0 Å². The van der Waals surface area contributed by atoms with Gasteiger partial charge in [0.15, 0.2) is 0 Å². The first-order chi connectivity index (χ1) is 4.98. The van der Waals surface area contributed by atoms with Crippen LogP contribution in [-0.4, -0.2) is 52.0 Å². The molecule has 0 saturated heterocycles. The molecule has 0 aromatic rings. The molecule has 0 amide bonds. The van der Waals surface area contributed by atoms with Gasteiger partial charge < -0.3 is 34.2 Å². The van der Waals surface area contributed by atoms with Crippen LogP contribution in [0.15, 0.2) is 0 Å². The molecule has 0 aromatic heterocycles. The Kier molecular flexibility index (Phi) is 8.43. The Bertz CT molecular complexity index is 228. The standard InChI is InChI=1S/C6H15N2O2S.HI/c1-8(2,4-3-7)5-6-11(9)10;/h6H,3-5,7H2,1-2H3;1H/q+1;/p-1. The van der Waals surface area contributed by atoms with Crippen molar-refractivity contribution in [3.63, 3.8) is 0 Å². The Morgan fingerprint density at radius 1 is 1.42 bits per heavy atom. The molecule has 0 fully saturated rings. The summed E-state index contributed by atoms with van der Waals surface area (Å²) in [4.78, 5) is 0. The summed E-state index contributed by atoms with van der Waals surface area (Å²) in [5.74, 6) is 0. The highest BCUT2D eigenvalue weighted by atomic mass is 127. The van der Waals surface area contributed by atoms with Gasteiger partial charge >= 0.3 is 0 Å². The Labute approximate surface area is 91.9 Å². The summed E-state index contributed by atoms with van der Waals surface area (Å²) in [5, 5.41) is 1.26. The number of quaternary nitrogens is 1. The molecule has 12 heavy (non-hydrogen) atoms. The number of rotatable bonds is 4. The van der Waals surface area contributed by atoms with Crippen LogP contribution in [0.25, 0.3) is 0 Å². The van der Waals surface area contributed by atoms with Gasteiger partial charge in [0, 0.05) is 6.54 Å². The zero-order chi connectivity index (χ0) is 8.91. The summed E-state index contributed by atoms with van der Waals surface area (Å²) >= 11 is 0. The van der Waals surface area contributed by atoms with Crippen LogP contribution in [0.4, 0.5) is 0 Å². The first-order valence-electron chi connectivity index (χ1n) is 3.41. The summed E-state index contributed by atoms with van der Waals surface area (Å²) < 4.78 is 20.9. The normalized spacial score (nSPS) is 10.2. The van der Waals surface area contributed by atoms with E-state index in [9.17, 15) is 8.42 Å². The second-order valence-corrected chi connectivity index (χ2v) is 3.91. The Balaban J connectivity index is 0. The fraction of sp³-hybridized carbons (Fsp3) is 0.833. The van der Waals surface area contributed by atoms with Gasteiger partial charge in [0.1, 0.15) is 6.54 Å². The van der Waals surface area contributed by atoms with Gasteiger partial charge in [-0.1, -0.05) is 0 Å². The van der Waals surface area contributed by atoms with Crippen molar-refractivity contribution < 1.29 is 36.9 Å². The van der Waals surface area contributed by atoms with Crippen molar-refractivity contribution in [1.29, 1.82) is 0 Å². The molecule has 0 aliphatic heterocycles. The first-order valence-corrected chi connectivity index (χ1v) is 4.55. The average molecular weight is 306 g/mol. The second kappa shape index (κ2) is 6.81. The first kappa shape index (κ1) is 14.8. The van der Waals surface area contributed by atoms with E-state index < -0.39 is 10.3 Å². The largest absolute Gasteiger partial charge is 1.00 e. The lowest BCUT2D eigenvalue weighted by atomic mass is 10.4. The third kappa shape index (κ3) is 8.44. The van der Waals surface area contributed by atoms with Crippen molar-refractivity contribution in [2.75, 3.05) is 33.7 Å². The highest BCUT2D eigenvalue weighted by Crippen LogP contribution is 1.91. The zero-order valence-electron chi connectivity index (χ0n) is 7.33. The molecule has 0 rings (SSSR count). The molecule has 0 unspecified atom stereocenters. The second-order valence-electron chi connectivity index (χ2n) is 3.06. The highest BCUT2D eigenvalue weighted by Gasteiger charge is 2.10. The number of nitrogens with zero attached hydrogens (tertiary/aromatic N) is 1. The van der Waals surface area contributed by atoms with Crippen molar-refractivity contribution in [2.24, 2.45) is 5.73 Å². The number of hydrogen-bond acceptors (Lipinski definition) is 3. The van der Waals surface area contributed by atoms with Crippen LogP contribution in [0.5, 0.6) is 0 Å². The summed E-state index contributed by atoms with van der Waals surface area (Å²) in [6.45, 7) is 1.87. The van der Waals surface area contributed by atoms with Crippen LogP contribution in [0.1, 0.15) is 0 Å². The SMILES string of the molecule is C[N+](C)(CC=S(=O)=O)CCN.[I-]. The summed E-state index contributed by atoms with van der Waals surface area (Å²) in [5.41, 5.74) is 5.34. The molecular formula is C6H15IN2O2S. The van der Waals surface area contributed by atoms with Crippen molar-refractivity contribution in [2.45, 2.75) is 0 Å². The van der Waals surface area contributed by atoms with E-state index in [4.69, 9.17) is 5.73 Å². The van der Waals surface area contributed by atoms with Crippen molar-refractivity contribution in [1.82, 2.24) is 0 Å². The highest BCUT2D eigenvalue weighted by molar-refractivity contribution is 7.71. The maximum absolute atomic E-state index is 10.2. The Morgan fingerprint density at radius 3 is 2.25 bits per heavy atom. The lowest BCUT2D eigenvalue weighted by Gasteiger charge is -2.26. The van der Waals surface area contributed by atoms with Gasteiger partial charge in [-0.3, -0.25) is 0 Å². The maximum atomic E-state index is 10.2. The van der Waals surface area contributed by atoms with Crippen LogP contribution < -0.4 is 29.7 Å². The lowest BCUT2D eigenvalue weighted by Crippen LogP contribution is -3.00. The molecule has 0 aliphatic carbocycles. The van der Waals surface area contributed by atoms with E-state index in [1.54, 1.807) is 0 Å². The van der Waals surface area contributed by atoms with Crippen LogP contribution in [0.3, 0.4) is 0 Å². The topological polar surface area (TPSA) is 60.2 Å². The molecule has 0 atom stereocenters. The van der Waals surface area contributed by atoms with Gasteiger partial charge in [-0.2, -0.15) is 8.42 Å². The molecule has 4 nitrogen and oxygen atoms in total. The van der Waals surface area contributed by atoms with Gasteiger partial charge in [0.25, 0.3) is 0 Å². The zero-order valence-corrected chi connectivity index (χ0v) is 10.3. The quantitative estimate of drug-likeness (QED) is 0.325. The molecule has 0 saturated carbocycles. The van der Waals surface area contributed by atoms with Gasteiger partial charge in [-0.05, 0) is 0 Å². The van der Waals surface area contributed by atoms with Gasteiger partial charge in [-0.15, -0.1) is 0 Å². The fourth-order valence-electron chi connectivity index (χ4n) is 0.703. The molecular weight excluding hydrogens is 291 g/mol. The molecule has 0 heterocycles.